The zero-order chi connectivity index (χ0) is 13.2. The Hall–Kier alpha value is -1.59. The first-order valence-electron chi connectivity index (χ1n) is 5.81. The largest absolute Gasteiger partial charge is 0.418 e. The highest BCUT2D eigenvalue weighted by atomic mass is 19.4. The molecule has 1 aromatic heterocycles. The molecule has 1 amide bonds. The molecule has 0 spiro atoms. The highest BCUT2D eigenvalue weighted by Crippen LogP contribution is 2.31. The van der Waals surface area contributed by atoms with Gasteiger partial charge in [-0.3, -0.25) is 9.78 Å². The SMILES string of the molecule is O=C(NC1CCCC1)c1ncccc1C(F)(F)F. The predicted octanol–water partition coefficient (Wildman–Crippen LogP) is 2.77. The van der Waals surface area contributed by atoms with Crippen LogP contribution in [0.15, 0.2) is 18.3 Å². The summed E-state index contributed by atoms with van der Waals surface area (Å²) in [5, 5.41) is 2.61. The second kappa shape index (κ2) is 4.96. The minimum atomic E-state index is -4.56. The zero-order valence-corrected chi connectivity index (χ0v) is 9.63. The van der Waals surface area contributed by atoms with Crippen LogP contribution in [0.3, 0.4) is 0 Å². The Bertz CT molecular complexity index is 439. The van der Waals surface area contributed by atoms with Gasteiger partial charge in [0, 0.05) is 12.2 Å². The van der Waals surface area contributed by atoms with Crippen LogP contribution in [0.5, 0.6) is 0 Å². The molecule has 0 atom stereocenters. The summed E-state index contributed by atoms with van der Waals surface area (Å²) in [5.41, 5.74) is -1.53. The van der Waals surface area contributed by atoms with E-state index in [0.717, 1.165) is 31.7 Å². The molecule has 98 valence electrons. The molecule has 0 unspecified atom stereocenters. The van der Waals surface area contributed by atoms with Crippen molar-refractivity contribution in [2.24, 2.45) is 0 Å². The molecular formula is C12H13F3N2O. The molecule has 0 bridgehead atoms. The Labute approximate surface area is 102 Å². The number of halogens is 3. The van der Waals surface area contributed by atoms with Crippen molar-refractivity contribution in [3.63, 3.8) is 0 Å². The second-order valence-electron chi connectivity index (χ2n) is 4.35. The second-order valence-corrected chi connectivity index (χ2v) is 4.35. The fraction of sp³-hybridized carbons (Fsp3) is 0.500. The maximum Gasteiger partial charge on any atom is 0.418 e. The molecule has 0 aliphatic heterocycles. The van der Waals surface area contributed by atoms with Gasteiger partial charge in [0.05, 0.1) is 5.56 Å². The van der Waals surface area contributed by atoms with E-state index in [0.29, 0.717) is 0 Å². The average molecular weight is 258 g/mol. The highest BCUT2D eigenvalue weighted by molar-refractivity contribution is 5.94. The Balaban J connectivity index is 2.19. The van der Waals surface area contributed by atoms with E-state index >= 15 is 0 Å². The number of rotatable bonds is 2. The van der Waals surface area contributed by atoms with Crippen LogP contribution in [-0.2, 0) is 6.18 Å². The summed E-state index contributed by atoms with van der Waals surface area (Å²) in [6.07, 6.45) is 0.272. The van der Waals surface area contributed by atoms with Crippen LogP contribution < -0.4 is 5.32 Å². The molecule has 1 N–H and O–H groups in total. The van der Waals surface area contributed by atoms with Gasteiger partial charge in [0.25, 0.3) is 5.91 Å². The third-order valence-corrected chi connectivity index (χ3v) is 3.02. The molecule has 18 heavy (non-hydrogen) atoms. The number of nitrogens with zero attached hydrogens (tertiary/aromatic N) is 1. The first kappa shape index (κ1) is 12.9. The summed E-state index contributed by atoms with van der Waals surface area (Å²) in [5.74, 6) is -0.741. The van der Waals surface area contributed by atoms with Crippen LogP contribution in [0.25, 0.3) is 0 Å². The van der Waals surface area contributed by atoms with Crippen LogP contribution in [0.2, 0.25) is 0 Å². The van der Waals surface area contributed by atoms with Gasteiger partial charge in [0.2, 0.25) is 0 Å². The van der Waals surface area contributed by atoms with Crippen molar-refractivity contribution in [3.8, 4) is 0 Å². The Morgan fingerprint density at radius 2 is 2.00 bits per heavy atom. The lowest BCUT2D eigenvalue weighted by Gasteiger charge is -2.14. The molecule has 2 rings (SSSR count). The molecule has 1 heterocycles. The van der Waals surface area contributed by atoms with E-state index < -0.39 is 23.3 Å². The third-order valence-electron chi connectivity index (χ3n) is 3.02. The molecule has 1 aliphatic rings. The molecule has 0 aromatic carbocycles. The van der Waals surface area contributed by atoms with Crippen LogP contribution in [0.1, 0.15) is 41.7 Å². The monoisotopic (exact) mass is 258 g/mol. The fourth-order valence-corrected chi connectivity index (χ4v) is 2.14. The van der Waals surface area contributed by atoms with Gasteiger partial charge in [0.1, 0.15) is 5.69 Å². The topological polar surface area (TPSA) is 42.0 Å². The van der Waals surface area contributed by atoms with Crippen molar-refractivity contribution in [3.05, 3.63) is 29.6 Å². The zero-order valence-electron chi connectivity index (χ0n) is 9.63. The van der Waals surface area contributed by atoms with Crippen molar-refractivity contribution < 1.29 is 18.0 Å². The number of alkyl halides is 3. The maximum absolute atomic E-state index is 12.7. The van der Waals surface area contributed by atoms with Gasteiger partial charge in [-0.2, -0.15) is 13.2 Å². The molecule has 6 heteroatoms. The lowest BCUT2D eigenvalue weighted by Crippen LogP contribution is -2.34. The minimum absolute atomic E-state index is 0.0272. The molecule has 0 saturated heterocycles. The van der Waals surface area contributed by atoms with Crippen molar-refractivity contribution in [1.82, 2.24) is 10.3 Å². The normalized spacial score (nSPS) is 16.8. The summed E-state index contributed by atoms with van der Waals surface area (Å²) in [6, 6.07) is 2.02. The molecule has 1 fully saturated rings. The standard InChI is InChI=1S/C12H13F3N2O/c13-12(14,15)9-6-3-7-16-10(9)11(18)17-8-4-1-2-5-8/h3,6-8H,1-2,4-5H2,(H,17,18). The van der Waals surface area contributed by atoms with Gasteiger partial charge in [-0.1, -0.05) is 12.8 Å². The smallest absolute Gasteiger partial charge is 0.348 e. The first-order chi connectivity index (χ1) is 8.48. The lowest BCUT2D eigenvalue weighted by atomic mass is 10.1. The lowest BCUT2D eigenvalue weighted by molar-refractivity contribution is -0.138. The first-order valence-corrected chi connectivity index (χ1v) is 5.81. The number of aromatic nitrogens is 1. The Kier molecular flexibility index (Phi) is 3.54. The van der Waals surface area contributed by atoms with Crippen molar-refractivity contribution in [1.29, 1.82) is 0 Å². The number of amides is 1. The van der Waals surface area contributed by atoms with Crippen molar-refractivity contribution in [2.75, 3.05) is 0 Å². The van der Waals surface area contributed by atoms with Gasteiger partial charge >= 0.3 is 6.18 Å². The van der Waals surface area contributed by atoms with Crippen LogP contribution in [0.4, 0.5) is 13.2 Å². The molecule has 3 nitrogen and oxygen atoms in total. The number of hydrogen-bond donors (Lipinski definition) is 1. The van der Waals surface area contributed by atoms with Gasteiger partial charge in [-0.15, -0.1) is 0 Å². The summed E-state index contributed by atoms with van der Waals surface area (Å²) < 4.78 is 38.1. The molecule has 1 aliphatic carbocycles. The number of hydrogen-bond acceptors (Lipinski definition) is 2. The van der Waals surface area contributed by atoms with E-state index in [1.807, 2.05) is 0 Å². The third kappa shape index (κ3) is 2.80. The summed E-state index contributed by atoms with van der Waals surface area (Å²) in [6.45, 7) is 0. The highest BCUT2D eigenvalue weighted by Gasteiger charge is 2.36. The number of nitrogens with one attached hydrogen (secondary N) is 1. The van der Waals surface area contributed by atoms with Crippen molar-refractivity contribution in [2.45, 2.75) is 37.9 Å². The summed E-state index contributed by atoms with van der Waals surface area (Å²) in [4.78, 5) is 15.3. The van der Waals surface area contributed by atoms with E-state index in [4.69, 9.17) is 0 Å². The van der Waals surface area contributed by atoms with E-state index in [1.165, 1.54) is 12.3 Å². The average Bonchev–Trinajstić information content (AvgIpc) is 2.80. The Morgan fingerprint density at radius 3 is 2.61 bits per heavy atom. The molecule has 0 radical (unpaired) electrons. The molecular weight excluding hydrogens is 245 g/mol. The minimum Gasteiger partial charge on any atom is -0.348 e. The van der Waals surface area contributed by atoms with Crippen molar-refractivity contribution >= 4 is 5.91 Å². The maximum atomic E-state index is 12.7. The van der Waals surface area contributed by atoms with E-state index in [9.17, 15) is 18.0 Å². The quantitative estimate of drug-likeness (QED) is 0.886. The fourth-order valence-electron chi connectivity index (χ4n) is 2.14. The number of carbonyl (C=O) groups excluding carboxylic acids is 1. The molecule has 1 saturated carbocycles. The van der Waals surface area contributed by atoms with Crippen LogP contribution in [0, 0.1) is 0 Å². The summed E-state index contributed by atoms with van der Waals surface area (Å²) in [7, 11) is 0. The van der Waals surface area contributed by atoms with Gasteiger partial charge in [-0.05, 0) is 25.0 Å². The van der Waals surface area contributed by atoms with E-state index in [-0.39, 0.29) is 6.04 Å². The number of pyridine rings is 1. The summed E-state index contributed by atoms with van der Waals surface area (Å²) >= 11 is 0. The Morgan fingerprint density at radius 1 is 1.33 bits per heavy atom. The van der Waals surface area contributed by atoms with Crippen LogP contribution in [-0.4, -0.2) is 16.9 Å². The van der Waals surface area contributed by atoms with Gasteiger partial charge < -0.3 is 5.32 Å². The molecule has 1 aromatic rings. The van der Waals surface area contributed by atoms with Crippen LogP contribution >= 0.6 is 0 Å². The van der Waals surface area contributed by atoms with E-state index in [1.54, 1.807) is 0 Å². The van der Waals surface area contributed by atoms with Gasteiger partial charge in [-0.25, -0.2) is 0 Å². The van der Waals surface area contributed by atoms with E-state index in [2.05, 4.69) is 10.3 Å². The number of carbonyl (C=O) groups is 1. The predicted molar refractivity (Wildman–Crippen MR) is 59.0 cm³/mol. The van der Waals surface area contributed by atoms with Gasteiger partial charge in [0.15, 0.2) is 0 Å².